The van der Waals surface area contributed by atoms with E-state index in [1.807, 2.05) is 0 Å². The standard InChI is InChI=1S/C20H22N4O8/c1-11-7-15(23-32-11)21-16(25)10-31-20(28)12-8-17(26)24(9-12)22-19(27)18-13(29-2)5-4-6-14(18)30-3/h4-7,12H,8-10H2,1-3H3,(H,22,27)(H,21,23,25)/t12-/m0/s1. The molecule has 1 aliphatic heterocycles. The Morgan fingerprint density at radius 3 is 2.50 bits per heavy atom. The third-order valence-corrected chi connectivity index (χ3v) is 4.59. The van der Waals surface area contributed by atoms with Crippen molar-refractivity contribution in [2.24, 2.45) is 5.92 Å². The molecule has 2 heterocycles. The smallest absolute Gasteiger partial charge is 0.311 e. The lowest BCUT2D eigenvalue weighted by Gasteiger charge is -2.19. The van der Waals surface area contributed by atoms with E-state index in [2.05, 4.69) is 15.9 Å². The number of carbonyl (C=O) groups excluding carboxylic acids is 4. The Hall–Kier alpha value is -4.09. The van der Waals surface area contributed by atoms with Crippen molar-refractivity contribution >= 4 is 29.5 Å². The quantitative estimate of drug-likeness (QED) is 0.558. The lowest BCUT2D eigenvalue weighted by molar-refractivity contribution is -0.151. The van der Waals surface area contributed by atoms with Gasteiger partial charge in [-0.05, 0) is 19.1 Å². The SMILES string of the molecule is COc1cccc(OC)c1C(=O)NN1C[C@@H](C(=O)OCC(=O)Nc2cc(C)on2)CC1=O. The van der Waals surface area contributed by atoms with Crippen LogP contribution in [0.1, 0.15) is 22.5 Å². The van der Waals surface area contributed by atoms with Gasteiger partial charge < -0.3 is 24.1 Å². The van der Waals surface area contributed by atoms with Crippen LogP contribution >= 0.6 is 0 Å². The molecule has 170 valence electrons. The summed E-state index contributed by atoms with van der Waals surface area (Å²) in [6.45, 7) is 0.999. The van der Waals surface area contributed by atoms with Crippen molar-refractivity contribution in [3.05, 3.63) is 35.6 Å². The predicted octanol–water partition coefficient (Wildman–Crippen LogP) is 0.675. The van der Waals surface area contributed by atoms with Crippen LogP contribution in [0.15, 0.2) is 28.8 Å². The molecule has 2 aromatic rings. The van der Waals surface area contributed by atoms with Crippen molar-refractivity contribution < 1.29 is 37.9 Å². The third kappa shape index (κ3) is 5.14. The van der Waals surface area contributed by atoms with E-state index in [1.54, 1.807) is 25.1 Å². The number of esters is 1. The van der Waals surface area contributed by atoms with Crippen LogP contribution < -0.4 is 20.2 Å². The van der Waals surface area contributed by atoms with Crippen LogP contribution in [0.25, 0.3) is 0 Å². The Balaban J connectivity index is 1.55. The van der Waals surface area contributed by atoms with Gasteiger partial charge in [0.1, 0.15) is 22.8 Å². The zero-order valence-electron chi connectivity index (χ0n) is 17.7. The second-order valence-corrected chi connectivity index (χ2v) is 6.86. The van der Waals surface area contributed by atoms with Gasteiger partial charge in [-0.3, -0.25) is 29.6 Å². The zero-order valence-corrected chi connectivity index (χ0v) is 17.7. The summed E-state index contributed by atoms with van der Waals surface area (Å²) in [6, 6.07) is 6.32. The molecule has 12 nitrogen and oxygen atoms in total. The van der Waals surface area contributed by atoms with Crippen molar-refractivity contribution in [1.82, 2.24) is 15.6 Å². The van der Waals surface area contributed by atoms with Crippen LogP contribution in [0.2, 0.25) is 0 Å². The van der Waals surface area contributed by atoms with Crippen LogP contribution in [0.4, 0.5) is 5.82 Å². The number of hydrogen-bond donors (Lipinski definition) is 2. The third-order valence-electron chi connectivity index (χ3n) is 4.59. The molecule has 1 atom stereocenters. The van der Waals surface area contributed by atoms with Gasteiger partial charge in [0.05, 0.1) is 26.7 Å². The molecule has 32 heavy (non-hydrogen) atoms. The number of methoxy groups -OCH3 is 2. The number of hydrogen-bond acceptors (Lipinski definition) is 9. The Morgan fingerprint density at radius 1 is 1.22 bits per heavy atom. The average Bonchev–Trinajstić information content (AvgIpc) is 3.36. The van der Waals surface area contributed by atoms with Gasteiger partial charge in [0.15, 0.2) is 12.4 Å². The van der Waals surface area contributed by atoms with E-state index in [-0.39, 0.29) is 35.8 Å². The minimum absolute atomic E-state index is 0.106. The molecule has 1 aromatic heterocycles. The minimum Gasteiger partial charge on any atom is -0.496 e. The normalized spacial score (nSPS) is 15.3. The number of aryl methyl sites for hydroxylation is 1. The van der Waals surface area contributed by atoms with Gasteiger partial charge >= 0.3 is 5.97 Å². The maximum atomic E-state index is 12.7. The summed E-state index contributed by atoms with van der Waals surface area (Å²) >= 11 is 0. The maximum Gasteiger partial charge on any atom is 0.311 e. The Labute approximate surface area is 182 Å². The van der Waals surface area contributed by atoms with Gasteiger partial charge in [-0.1, -0.05) is 11.2 Å². The Kier molecular flexibility index (Phi) is 6.93. The molecular weight excluding hydrogens is 424 g/mol. The van der Waals surface area contributed by atoms with Crippen molar-refractivity contribution in [1.29, 1.82) is 0 Å². The van der Waals surface area contributed by atoms with Gasteiger partial charge in [-0.15, -0.1) is 0 Å². The summed E-state index contributed by atoms with van der Waals surface area (Å²) < 4.78 is 20.2. The number of carbonyl (C=O) groups is 4. The molecule has 0 bridgehead atoms. The monoisotopic (exact) mass is 446 g/mol. The summed E-state index contributed by atoms with van der Waals surface area (Å²) in [4.78, 5) is 49.2. The summed E-state index contributed by atoms with van der Waals surface area (Å²) in [5.74, 6) is -2.07. The van der Waals surface area contributed by atoms with E-state index < -0.39 is 36.2 Å². The molecule has 1 aromatic carbocycles. The fourth-order valence-electron chi connectivity index (χ4n) is 3.09. The highest BCUT2D eigenvalue weighted by atomic mass is 16.5. The van der Waals surface area contributed by atoms with Gasteiger partial charge in [-0.2, -0.15) is 0 Å². The van der Waals surface area contributed by atoms with Crippen LogP contribution in [0, 0.1) is 12.8 Å². The van der Waals surface area contributed by atoms with E-state index in [0.717, 1.165) is 5.01 Å². The van der Waals surface area contributed by atoms with E-state index in [4.69, 9.17) is 18.7 Å². The molecular formula is C20H22N4O8. The van der Waals surface area contributed by atoms with Gasteiger partial charge in [-0.25, -0.2) is 0 Å². The van der Waals surface area contributed by atoms with Crippen molar-refractivity contribution in [3.63, 3.8) is 0 Å². The van der Waals surface area contributed by atoms with E-state index in [1.165, 1.54) is 20.3 Å². The lowest BCUT2D eigenvalue weighted by Crippen LogP contribution is -2.43. The number of benzene rings is 1. The molecule has 0 spiro atoms. The fraction of sp³-hybridized carbons (Fsp3) is 0.350. The van der Waals surface area contributed by atoms with Gasteiger partial charge in [0.25, 0.3) is 11.8 Å². The number of aromatic nitrogens is 1. The highest BCUT2D eigenvalue weighted by Crippen LogP contribution is 2.28. The summed E-state index contributed by atoms with van der Waals surface area (Å²) in [5, 5.41) is 7.04. The lowest BCUT2D eigenvalue weighted by atomic mass is 10.1. The number of rotatable bonds is 8. The number of nitrogens with one attached hydrogen (secondary N) is 2. The number of hydrazine groups is 1. The number of ether oxygens (including phenoxy) is 3. The molecule has 3 amide bonds. The molecule has 3 rings (SSSR count). The van der Waals surface area contributed by atoms with E-state index in [9.17, 15) is 19.2 Å². The van der Waals surface area contributed by atoms with Gasteiger partial charge in [0.2, 0.25) is 5.91 Å². The predicted molar refractivity (Wildman–Crippen MR) is 108 cm³/mol. The van der Waals surface area contributed by atoms with Crippen LogP contribution in [0.3, 0.4) is 0 Å². The Morgan fingerprint density at radius 2 is 1.91 bits per heavy atom. The summed E-state index contributed by atoms with van der Waals surface area (Å²) in [6.07, 6.45) is -0.174. The molecule has 1 fully saturated rings. The molecule has 2 N–H and O–H groups in total. The molecule has 0 unspecified atom stereocenters. The zero-order chi connectivity index (χ0) is 23.3. The van der Waals surface area contributed by atoms with Crippen molar-refractivity contribution in [2.75, 3.05) is 32.7 Å². The first-order valence-corrected chi connectivity index (χ1v) is 9.54. The van der Waals surface area contributed by atoms with Crippen molar-refractivity contribution in [3.8, 4) is 11.5 Å². The first-order chi connectivity index (χ1) is 15.3. The van der Waals surface area contributed by atoms with Crippen LogP contribution in [0.5, 0.6) is 11.5 Å². The first-order valence-electron chi connectivity index (χ1n) is 9.54. The molecule has 0 aliphatic carbocycles. The second-order valence-electron chi connectivity index (χ2n) is 6.86. The number of anilines is 1. The highest BCUT2D eigenvalue weighted by Gasteiger charge is 2.37. The second kappa shape index (κ2) is 9.81. The first kappa shape index (κ1) is 22.6. The maximum absolute atomic E-state index is 12.7. The molecule has 0 saturated carbocycles. The average molecular weight is 446 g/mol. The van der Waals surface area contributed by atoms with E-state index in [0.29, 0.717) is 5.76 Å². The van der Waals surface area contributed by atoms with Crippen molar-refractivity contribution in [2.45, 2.75) is 13.3 Å². The minimum atomic E-state index is -0.843. The molecule has 1 aliphatic rings. The number of nitrogens with zero attached hydrogens (tertiary/aromatic N) is 2. The summed E-state index contributed by atoms with van der Waals surface area (Å²) in [5.41, 5.74) is 2.57. The Bertz CT molecular complexity index is 1010. The van der Waals surface area contributed by atoms with Crippen LogP contribution in [-0.2, 0) is 19.1 Å². The topological polar surface area (TPSA) is 149 Å². The van der Waals surface area contributed by atoms with Crippen LogP contribution in [-0.4, -0.2) is 61.2 Å². The molecule has 1 saturated heterocycles. The van der Waals surface area contributed by atoms with E-state index >= 15 is 0 Å². The summed E-state index contributed by atoms with van der Waals surface area (Å²) in [7, 11) is 2.80. The largest absolute Gasteiger partial charge is 0.496 e. The highest BCUT2D eigenvalue weighted by molar-refractivity contribution is 6.01. The molecule has 0 radical (unpaired) electrons. The molecule has 12 heteroatoms. The number of amides is 3. The van der Waals surface area contributed by atoms with Gasteiger partial charge in [0, 0.05) is 12.5 Å². The fourth-order valence-corrected chi connectivity index (χ4v) is 3.09.